The summed E-state index contributed by atoms with van der Waals surface area (Å²) in [5, 5.41) is 15.0. The minimum absolute atomic E-state index is 0.0914. The number of methoxy groups -OCH3 is 1. The van der Waals surface area contributed by atoms with Crippen LogP contribution in [0.1, 0.15) is 60.2 Å². The fourth-order valence-electron chi connectivity index (χ4n) is 5.09. The topological polar surface area (TPSA) is 84.9 Å². The zero-order valence-corrected chi connectivity index (χ0v) is 21.5. The molecule has 194 valence electrons. The molecule has 4 rings (SSSR count). The van der Waals surface area contributed by atoms with Gasteiger partial charge in [-0.15, -0.1) is 0 Å². The molecule has 2 unspecified atom stereocenters. The Morgan fingerprint density at radius 3 is 2.57 bits per heavy atom. The number of amides is 1. The van der Waals surface area contributed by atoms with Gasteiger partial charge in [0.1, 0.15) is 18.2 Å². The Morgan fingerprint density at radius 1 is 1.14 bits per heavy atom. The number of fused-ring (bicyclic) bond motifs is 1. The molecule has 0 aliphatic carbocycles. The molecule has 37 heavy (non-hydrogen) atoms. The van der Waals surface area contributed by atoms with Crippen molar-refractivity contribution in [2.75, 3.05) is 12.4 Å². The van der Waals surface area contributed by atoms with Crippen LogP contribution in [0, 0.1) is 11.2 Å². The molecule has 0 spiro atoms. The summed E-state index contributed by atoms with van der Waals surface area (Å²) in [4.78, 5) is 25.6. The Bertz CT molecular complexity index is 1310. The summed E-state index contributed by atoms with van der Waals surface area (Å²) in [5.41, 5.74) is 0.658. The SMILES string of the molecule is COc1ccc(F)cc1CC(C)(C)CC(O)(C(=O)Nc1ccc2c(c1)COC2=O)C(C)c1ccccc1. The van der Waals surface area contributed by atoms with Gasteiger partial charge in [0.25, 0.3) is 5.91 Å². The van der Waals surface area contributed by atoms with Crippen LogP contribution < -0.4 is 10.1 Å². The average molecular weight is 506 g/mol. The van der Waals surface area contributed by atoms with E-state index in [-0.39, 0.29) is 18.8 Å². The molecule has 1 aliphatic heterocycles. The average Bonchev–Trinajstić information content (AvgIpc) is 3.23. The van der Waals surface area contributed by atoms with E-state index in [1.165, 1.54) is 19.2 Å². The highest BCUT2D eigenvalue weighted by atomic mass is 19.1. The third kappa shape index (κ3) is 5.67. The second-order valence-electron chi connectivity index (χ2n) is 10.4. The molecule has 0 saturated carbocycles. The van der Waals surface area contributed by atoms with E-state index in [2.05, 4.69) is 5.32 Å². The van der Waals surface area contributed by atoms with Crippen molar-refractivity contribution in [2.45, 2.75) is 51.7 Å². The van der Waals surface area contributed by atoms with E-state index < -0.39 is 28.8 Å². The first-order valence-corrected chi connectivity index (χ1v) is 12.2. The molecule has 6 nitrogen and oxygen atoms in total. The zero-order chi connectivity index (χ0) is 26.8. The number of rotatable bonds is 9. The van der Waals surface area contributed by atoms with Gasteiger partial charge in [-0.25, -0.2) is 9.18 Å². The van der Waals surface area contributed by atoms with Gasteiger partial charge in [-0.05, 0) is 65.8 Å². The maximum atomic E-state index is 14.0. The molecule has 1 amide bonds. The van der Waals surface area contributed by atoms with E-state index in [4.69, 9.17) is 9.47 Å². The fourth-order valence-corrected chi connectivity index (χ4v) is 5.09. The monoisotopic (exact) mass is 505 g/mol. The van der Waals surface area contributed by atoms with Crippen LogP contribution in [0.3, 0.4) is 0 Å². The number of cyclic esters (lactones) is 1. The van der Waals surface area contributed by atoms with Gasteiger partial charge in [-0.3, -0.25) is 4.79 Å². The first-order chi connectivity index (χ1) is 17.5. The number of halogens is 1. The van der Waals surface area contributed by atoms with Crippen molar-refractivity contribution in [2.24, 2.45) is 5.41 Å². The van der Waals surface area contributed by atoms with E-state index in [1.807, 2.05) is 51.1 Å². The largest absolute Gasteiger partial charge is 0.496 e. The van der Waals surface area contributed by atoms with E-state index in [1.54, 1.807) is 24.3 Å². The van der Waals surface area contributed by atoms with Crippen LogP contribution in [0.4, 0.5) is 10.1 Å². The van der Waals surface area contributed by atoms with Gasteiger partial charge in [0, 0.05) is 17.2 Å². The van der Waals surface area contributed by atoms with Gasteiger partial charge in [0.05, 0.1) is 12.7 Å². The Balaban J connectivity index is 1.65. The predicted molar refractivity (Wildman–Crippen MR) is 139 cm³/mol. The summed E-state index contributed by atoms with van der Waals surface area (Å²) in [6, 6.07) is 18.6. The van der Waals surface area contributed by atoms with Gasteiger partial charge in [-0.1, -0.05) is 51.1 Å². The van der Waals surface area contributed by atoms with Gasteiger partial charge < -0.3 is 19.9 Å². The van der Waals surface area contributed by atoms with Crippen LogP contribution in [-0.2, 0) is 22.6 Å². The van der Waals surface area contributed by atoms with E-state index >= 15 is 0 Å². The molecule has 0 bridgehead atoms. The maximum Gasteiger partial charge on any atom is 0.338 e. The van der Waals surface area contributed by atoms with E-state index in [0.29, 0.717) is 34.5 Å². The second-order valence-corrected chi connectivity index (χ2v) is 10.4. The number of anilines is 1. The molecule has 0 fully saturated rings. The van der Waals surface area contributed by atoms with Crippen molar-refractivity contribution in [1.29, 1.82) is 0 Å². The molecule has 1 heterocycles. The number of hydrogen-bond acceptors (Lipinski definition) is 5. The van der Waals surface area contributed by atoms with Gasteiger partial charge in [-0.2, -0.15) is 0 Å². The number of benzene rings is 3. The van der Waals surface area contributed by atoms with Crippen molar-refractivity contribution in [3.8, 4) is 5.75 Å². The van der Waals surface area contributed by atoms with Crippen LogP contribution in [0.15, 0.2) is 66.7 Å². The molecule has 1 aliphatic rings. The first-order valence-electron chi connectivity index (χ1n) is 12.2. The van der Waals surface area contributed by atoms with Crippen LogP contribution >= 0.6 is 0 Å². The summed E-state index contributed by atoms with van der Waals surface area (Å²) in [6.45, 7) is 5.84. The van der Waals surface area contributed by atoms with Gasteiger partial charge in [0.15, 0.2) is 5.60 Å². The maximum absolute atomic E-state index is 14.0. The molecule has 2 N–H and O–H groups in total. The lowest BCUT2D eigenvalue weighted by molar-refractivity contribution is -0.140. The Morgan fingerprint density at radius 2 is 1.86 bits per heavy atom. The van der Waals surface area contributed by atoms with Gasteiger partial charge in [0.2, 0.25) is 0 Å². The molecular weight excluding hydrogens is 473 g/mol. The zero-order valence-electron chi connectivity index (χ0n) is 21.5. The van der Waals surface area contributed by atoms with Crippen LogP contribution in [0.5, 0.6) is 5.75 Å². The quantitative estimate of drug-likeness (QED) is 0.368. The Kier molecular flexibility index (Phi) is 7.37. The molecule has 7 heteroatoms. The summed E-state index contributed by atoms with van der Waals surface area (Å²) >= 11 is 0. The van der Waals surface area contributed by atoms with E-state index in [0.717, 1.165) is 5.56 Å². The highest BCUT2D eigenvalue weighted by Crippen LogP contribution is 2.41. The number of aliphatic hydroxyl groups is 1. The minimum Gasteiger partial charge on any atom is -0.496 e. The molecule has 2 atom stereocenters. The molecule has 0 saturated heterocycles. The number of carbonyl (C=O) groups is 2. The van der Waals surface area contributed by atoms with Crippen molar-refractivity contribution in [3.05, 3.63) is 94.8 Å². The van der Waals surface area contributed by atoms with Crippen LogP contribution in [0.2, 0.25) is 0 Å². The smallest absolute Gasteiger partial charge is 0.338 e. The third-order valence-electron chi connectivity index (χ3n) is 7.01. The number of carbonyl (C=O) groups excluding carboxylic acids is 2. The number of nitrogens with one attached hydrogen (secondary N) is 1. The van der Waals surface area contributed by atoms with Crippen molar-refractivity contribution in [3.63, 3.8) is 0 Å². The van der Waals surface area contributed by atoms with Crippen LogP contribution in [-0.4, -0.2) is 29.7 Å². The molecule has 0 radical (unpaired) electrons. The first kappa shape index (κ1) is 26.4. The summed E-state index contributed by atoms with van der Waals surface area (Å²) in [7, 11) is 1.53. The van der Waals surface area contributed by atoms with Crippen molar-refractivity contribution < 1.29 is 28.6 Å². The lowest BCUT2D eigenvalue weighted by Crippen LogP contribution is -2.50. The molecule has 0 aromatic heterocycles. The predicted octanol–water partition coefficient (Wildman–Crippen LogP) is 5.64. The number of esters is 1. The Labute approximate surface area is 216 Å². The third-order valence-corrected chi connectivity index (χ3v) is 7.01. The number of hydrogen-bond donors (Lipinski definition) is 2. The molecule has 3 aromatic carbocycles. The molecular formula is C30H32FNO5. The van der Waals surface area contributed by atoms with Gasteiger partial charge >= 0.3 is 5.97 Å². The lowest BCUT2D eigenvalue weighted by Gasteiger charge is -2.39. The lowest BCUT2D eigenvalue weighted by atomic mass is 9.70. The minimum atomic E-state index is -1.81. The highest BCUT2D eigenvalue weighted by Gasteiger charge is 2.46. The normalized spacial score (nSPS) is 15.4. The van der Waals surface area contributed by atoms with E-state index in [9.17, 15) is 19.1 Å². The van der Waals surface area contributed by atoms with Crippen molar-refractivity contribution in [1.82, 2.24) is 0 Å². The van der Waals surface area contributed by atoms with Crippen LogP contribution in [0.25, 0.3) is 0 Å². The Hall–Kier alpha value is -3.71. The second kappa shape index (κ2) is 10.3. The summed E-state index contributed by atoms with van der Waals surface area (Å²) < 4.78 is 24.5. The standard InChI is InChI=1S/C30H32FNO5/c1-19(20-8-6-5-7-9-20)30(35,18-29(2,3)16-21-14-23(31)10-13-26(21)36-4)28(34)32-24-11-12-25-22(15-24)17-37-27(25)33/h5-15,19,35H,16-18H2,1-4H3,(H,32,34). The molecule has 3 aromatic rings. The van der Waals surface area contributed by atoms with Crippen molar-refractivity contribution >= 4 is 17.6 Å². The highest BCUT2D eigenvalue weighted by molar-refractivity contribution is 5.99. The summed E-state index contributed by atoms with van der Waals surface area (Å²) in [5.74, 6) is -1.34. The summed E-state index contributed by atoms with van der Waals surface area (Å²) in [6.07, 6.45) is 0.470. The fraction of sp³-hybridized carbons (Fsp3) is 0.333. The number of ether oxygens (including phenoxy) is 2.